The molecule has 1 saturated carbocycles. The molecule has 0 atom stereocenters. The lowest BCUT2D eigenvalue weighted by Crippen LogP contribution is -2.06. The molecule has 7 heteroatoms. The Bertz CT molecular complexity index is 1070. The van der Waals surface area contributed by atoms with E-state index in [1.165, 1.54) is 19.1 Å². The van der Waals surface area contributed by atoms with Gasteiger partial charge in [0.15, 0.2) is 0 Å². The van der Waals surface area contributed by atoms with Gasteiger partial charge in [-0.3, -0.25) is 4.79 Å². The van der Waals surface area contributed by atoms with E-state index in [9.17, 15) is 19.1 Å². The summed E-state index contributed by atoms with van der Waals surface area (Å²) in [5.41, 5.74) is 3.16. The molecule has 1 fully saturated rings. The first-order valence-corrected chi connectivity index (χ1v) is 8.65. The number of carboxylic acids is 1. The van der Waals surface area contributed by atoms with Crippen LogP contribution in [0.2, 0.25) is 0 Å². The quantitative estimate of drug-likeness (QED) is 0.531. The Morgan fingerprint density at radius 1 is 1.15 bits per heavy atom. The van der Waals surface area contributed by atoms with Gasteiger partial charge in [-0.25, -0.2) is 9.18 Å². The highest BCUT2D eigenvalue weighted by molar-refractivity contribution is 6.03. The van der Waals surface area contributed by atoms with E-state index in [0.29, 0.717) is 33.5 Å². The molecule has 0 bridgehead atoms. The van der Waals surface area contributed by atoms with Crippen molar-refractivity contribution < 1.29 is 19.1 Å². The van der Waals surface area contributed by atoms with Crippen molar-refractivity contribution >= 4 is 39.8 Å². The van der Waals surface area contributed by atoms with Gasteiger partial charge in [-0.1, -0.05) is 0 Å². The van der Waals surface area contributed by atoms with E-state index in [-0.39, 0.29) is 23.3 Å². The van der Waals surface area contributed by atoms with Gasteiger partial charge in [-0.05, 0) is 60.7 Å². The molecule has 1 aromatic heterocycles. The maximum absolute atomic E-state index is 14.0. The van der Waals surface area contributed by atoms with Gasteiger partial charge in [0, 0.05) is 23.7 Å². The van der Waals surface area contributed by atoms with E-state index < -0.39 is 5.97 Å². The maximum Gasteiger partial charge on any atom is 0.352 e. The predicted octanol–water partition coefficient (Wildman–Crippen LogP) is 4.58. The van der Waals surface area contributed by atoms with Crippen LogP contribution in [0.25, 0.3) is 10.9 Å². The first kappa shape index (κ1) is 17.1. The normalized spacial score (nSPS) is 13.6. The van der Waals surface area contributed by atoms with E-state index in [0.717, 1.165) is 12.8 Å². The molecular weight excluding hydrogens is 349 g/mol. The molecule has 0 spiro atoms. The molecular formula is C20H18FN3O3. The Morgan fingerprint density at radius 2 is 1.93 bits per heavy atom. The zero-order valence-corrected chi connectivity index (χ0v) is 14.6. The van der Waals surface area contributed by atoms with Gasteiger partial charge in [-0.2, -0.15) is 0 Å². The first-order chi connectivity index (χ1) is 12.9. The standard InChI is InChI=1S/C20H18FN3O3/c1-10(25)22-13-7-17(15-9-19(20(26)27)24-18(15)8-13)23-12-4-5-16(21)14(6-12)11-2-3-11/h4-9,11,23-24H,2-3H2,1H3,(H,22,25)(H,26,27). The van der Waals surface area contributed by atoms with E-state index >= 15 is 0 Å². The highest BCUT2D eigenvalue weighted by atomic mass is 19.1. The molecule has 0 aliphatic heterocycles. The van der Waals surface area contributed by atoms with Gasteiger partial charge in [0.25, 0.3) is 0 Å². The number of aromatic carboxylic acids is 1. The number of carboxylic acid groups (broad SMARTS) is 1. The molecule has 1 heterocycles. The van der Waals surface area contributed by atoms with Crippen LogP contribution in [0.5, 0.6) is 0 Å². The van der Waals surface area contributed by atoms with Crippen LogP contribution in [-0.4, -0.2) is 22.0 Å². The third-order valence-electron chi connectivity index (χ3n) is 4.58. The number of aromatic nitrogens is 1. The molecule has 2 aromatic carbocycles. The van der Waals surface area contributed by atoms with Gasteiger partial charge in [0.05, 0.1) is 11.2 Å². The minimum Gasteiger partial charge on any atom is -0.477 e. The first-order valence-electron chi connectivity index (χ1n) is 8.65. The molecule has 1 aliphatic rings. The van der Waals surface area contributed by atoms with Crippen LogP contribution in [-0.2, 0) is 4.79 Å². The fourth-order valence-corrected chi connectivity index (χ4v) is 3.22. The Balaban J connectivity index is 1.77. The summed E-state index contributed by atoms with van der Waals surface area (Å²) in [5.74, 6) is -1.25. The van der Waals surface area contributed by atoms with Crippen molar-refractivity contribution in [3.63, 3.8) is 0 Å². The minimum atomic E-state index is -1.07. The van der Waals surface area contributed by atoms with E-state index in [1.807, 2.05) is 0 Å². The largest absolute Gasteiger partial charge is 0.477 e. The molecule has 1 aliphatic carbocycles. The number of amides is 1. The number of hydrogen-bond donors (Lipinski definition) is 4. The second-order valence-corrected chi connectivity index (χ2v) is 6.79. The summed E-state index contributed by atoms with van der Waals surface area (Å²) in [6.45, 7) is 1.40. The van der Waals surface area contributed by atoms with Gasteiger partial charge >= 0.3 is 5.97 Å². The topological polar surface area (TPSA) is 94.2 Å². The van der Waals surface area contributed by atoms with Crippen LogP contribution in [0, 0.1) is 5.82 Å². The molecule has 4 rings (SSSR count). The van der Waals surface area contributed by atoms with Crippen LogP contribution < -0.4 is 10.6 Å². The van der Waals surface area contributed by atoms with Crippen molar-refractivity contribution in [2.75, 3.05) is 10.6 Å². The van der Waals surface area contributed by atoms with Crippen molar-refractivity contribution in [3.05, 3.63) is 53.5 Å². The summed E-state index contributed by atoms with van der Waals surface area (Å²) in [4.78, 5) is 25.6. The van der Waals surface area contributed by atoms with Crippen molar-refractivity contribution in [2.45, 2.75) is 25.7 Å². The minimum absolute atomic E-state index is 0.0470. The number of H-pyrrole nitrogens is 1. The summed E-state index contributed by atoms with van der Waals surface area (Å²) >= 11 is 0. The Hall–Kier alpha value is -3.35. The number of aromatic amines is 1. The molecule has 6 nitrogen and oxygen atoms in total. The maximum atomic E-state index is 14.0. The monoisotopic (exact) mass is 367 g/mol. The Labute approximate surface area is 154 Å². The molecule has 138 valence electrons. The summed E-state index contributed by atoms with van der Waals surface area (Å²) in [6, 6.07) is 9.79. The SMILES string of the molecule is CC(=O)Nc1cc(Nc2ccc(F)c(C3CC3)c2)c2cc(C(=O)O)[nH]c2c1. The summed E-state index contributed by atoms with van der Waals surface area (Å²) < 4.78 is 14.0. The lowest BCUT2D eigenvalue weighted by Gasteiger charge is -2.12. The number of halogens is 1. The van der Waals surface area contributed by atoms with Crippen LogP contribution in [0.15, 0.2) is 36.4 Å². The number of rotatable bonds is 5. The number of nitrogens with one attached hydrogen (secondary N) is 3. The zero-order chi connectivity index (χ0) is 19.1. The lowest BCUT2D eigenvalue weighted by molar-refractivity contribution is -0.114. The fourth-order valence-electron chi connectivity index (χ4n) is 3.22. The highest BCUT2D eigenvalue weighted by Crippen LogP contribution is 2.42. The number of benzene rings is 2. The molecule has 1 amide bonds. The highest BCUT2D eigenvalue weighted by Gasteiger charge is 2.26. The second-order valence-electron chi connectivity index (χ2n) is 6.79. The molecule has 0 saturated heterocycles. The molecule has 0 radical (unpaired) electrons. The van der Waals surface area contributed by atoms with Crippen molar-refractivity contribution in [1.82, 2.24) is 4.98 Å². The van der Waals surface area contributed by atoms with E-state index in [4.69, 9.17) is 0 Å². The van der Waals surface area contributed by atoms with E-state index in [2.05, 4.69) is 15.6 Å². The smallest absolute Gasteiger partial charge is 0.352 e. The predicted molar refractivity (Wildman–Crippen MR) is 101 cm³/mol. The third kappa shape index (κ3) is 3.48. The molecule has 27 heavy (non-hydrogen) atoms. The van der Waals surface area contributed by atoms with Crippen LogP contribution in [0.4, 0.5) is 21.5 Å². The Morgan fingerprint density at radius 3 is 2.59 bits per heavy atom. The number of hydrogen-bond acceptors (Lipinski definition) is 3. The van der Waals surface area contributed by atoms with Crippen molar-refractivity contribution in [2.24, 2.45) is 0 Å². The molecule has 4 N–H and O–H groups in total. The number of fused-ring (bicyclic) bond motifs is 1. The molecule has 0 unspecified atom stereocenters. The van der Waals surface area contributed by atoms with Gasteiger partial charge < -0.3 is 20.7 Å². The Kier molecular flexibility index (Phi) is 4.07. The third-order valence-corrected chi connectivity index (χ3v) is 4.58. The van der Waals surface area contributed by atoms with Crippen LogP contribution in [0.1, 0.15) is 41.7 Å². The number of anilines is 3. The van der Waals surface area contributed by atoms with E-state index in [1.54, 1.807) is 24.3 Å². The van der Waals surface area contributed by atoms with Crippen molar-refractivity contribution in [1.29, 1.82) is 0 Å². The lowest BCUT2D eigenvalue weighted by atomic mass is 10.1. The summed E-state index contributed by atoms with van der Waals surface area (Å²) in [6.07, 6.45) is 1.98. The zero-order valence-electron chi connectivity index (χ0n) is 14.6. The fraction of sp³-hybridized carbons (Fsp3) is 0.200. The average Bonchev–Trinajstić information content (AvgIpc) is 3.34. The van der Waals surface area contributed by atoms with Gasteiger partial charge in [-0.15, -0.1) is 0 Å². The van der Waals surface area contributed by atoms with Crippen LogP contribution >= 0.6 is 0 Å². The second kappa shape index (κ2) is 6.42. The van der Waals surface area contributed by atoms with Crippen molar-refractivity contribution in [3.8, 4) is 0 Å². The summed E-state index contributed by atoms with van der Waals surface area (Å²) in [7, 11) is 0. The average molecular weight is 367 g/mol. The number of carbonyl (C=O) groups excluding carboxylic acids is 1. The molecule has 3 aromatic rings. The number of carbonyl (C=O) groups is 2. The van der Waals surface area contributed by atoms with Crippen LogP contribution in [0.3, 0.4) is 0 Å². The van der Waals surface area contributed by atoms with Gasteiger partial charge in [0.2, 0.25) is 5.91 Å². The summed E-state index contributed by atoms with van der Waals surface area (Å²) in [5, 5.41) is 15.9. The van der Waals surface area contributed by atoms with Gasteiger partial charge in [0.1, 0.15) is 11.5 Å².